The van der Waals surface area contributed by atoms with Crippen molar-refractivity contribution >= 4 is 17.9 Å². The molecule has 0 spiro atoms. The lowest BCUT2D eigenvalue weighted by Crippen LogP contribution is -2.38. The van der Waals surface area contributed by atoms with E-state index in [0.29, 0.717) is 6.42 Å². The lowest BCUT2D eigenvalue weighted by atomic mass is 9.92. The van der Waals surface area contributed by atoms with Gasteiger partial charge in [-0.2, -0.15) is 0 Å². The molecule has 1 heterocycles. The molecule has 0 saturated heterocycles. The lowest BCUT2D eigenvalue weighted by Gasteiger charge is -2.28. The number of fused-ring (bicyclic) bond motifs is 1. The maximum Gasteiger partial charge on any atom is 0.232 e. The predicted molar refractivity (Wildman–Crippen MR) is 81.1 cm³/mol. The second kappa shape index (κ2) is 5.39. The quantitative estimate of drug-likeness (QED) is 0.792. The molecule has 2 rings (SSSR count). The Morgan fingerprint density at radius 2 is 2.10 bits per heavy atom. The van der Waals surface area contributed by atoms with E-state index in [2.05, 4.69) is 6.07 Å². The molecule has 0 aliphatic carbocycles. The van der Waals surface area contributed by atoms with Gasteiger partial charge in [0.25, 0.3) is 0 Å². The number of aldehydes is 1. The van der Waals surface area contributed by atoms with Crippen LogP contribution in [0.3, 0.4) is 0 Å². The van der Waals surface area contributed by atoms with E-state index in [-0.39, 0.29) is 17.2 Å². The van der Waals surface area contributed by atoms with Crippen molar-refractivity contribution in [2.75, 3.05) is 11.4 Å². The lowest BCUT2D eigenvalue weighted by molar-refractivity contribution is -0.125. The molecule has 20 heavy (non-hydrogen) atoms. The van der Waals surface area contributed by atoms with E-state index in [9.17, 15) is 9.59 Å². The van der Waals surface area contributed by atoms with Crippen LogP contribution >= 0.6 is 0 Å². The van der Waals surface area contributed by atoms with Crippen LogP contribution in [0.1, 0.15) is 51.2 Å². The van der Waals surface area contributed by atoms with E-state index in [1.54, 1.807) is 0 Å². The van der Waals surface area contributed by atoms with Gasteiger partial charge < -0.3 is 9.69 Å². The Labute approximate surface area is 121 Å². The van der Waals surface area contributed by atoms with Gasteiger partial charge in [0.1, 0.15) is 6.29 Å². The smallest absolute Gasteiger partial charge is 0.232 e. The van der Waals surface area contributed by atoms with Gasteiger partial charge in [0.15, 0.2) is 0 Å². The third-order valence-electron chi connectivity index (χ3n) is 3.89. The van der Waals surface area contributed by atoms with Crippen molar-refractivity contribution < 1.29 is 9.59 Å². The molecule has 1 aromatic carbocycles. The highest BCUT2D eigenvalue weighted by Crippen LogP contribution is 2.38. The van der Waals surface area contributed by atoms with Crippen molar-refractivity contribution in [1.29, 1.82) is 0 Å². The molecule has 1 amide bonds. The average molecular weight is 273 g/mol. The van der Waals surface area contributed by atoms with Crippen molar-refractivity contribution in [3.8, 4) is 0 Å². The summed E-state index contributed by atoms with van der Waals surface area (Å²) >= 11 is 0. The van der Waals surface area contributed by atoms with Crippen LogP contribution in [0, 0.1) is 5.41 Å². The third kappa shape index (κ3) is 2.62. The highest BCUT2D eigenvalue weighted by Gasteiger charge is 2.34. The van der Waals surface area contributed by atoms with Gasteiger partial charge in [-0.3, -0.25) is 4.79 Å². The van der Waals surface area contributed by atoms with Crippen molar-refractivity contribution in [1.82, 2.24) is 0 Å². The van der Waals surface area contributed by atoms with E-state index in [1.165, 1.54) is 5.56 Å². The van der Waals surface area contributed by atoms with Gasteiger partial charge in [-0.15, -0.1) is 0 Å². The number of hydrogen-bond donors (Lipinski definition) is 0. The number of carbonyl (C=O) groups is 2. The van der Waals surface area contributed by atoms with Crippen LogP contribution in [-0.2, 0) is 16.0 Å². The Balaban J connectivity index is 2.44. The summed E-state index contributed by atoms with van der Waals surface area (Å²) in [7, 11) is 0. The highest BCUT2D eigenvalue weighted by molar-refractivity contribution is 5.99. The first-order chi connectivity index (χ1) is 9.36. The molecule has 0 aromatic heterocycles. The first-order valence-corrected chi connectivity index (χ1v) is 7.23. The predicted octanol–water partition coefficient (Wildman–Crippen LogP) is 3.31. The fourth-order valence-corrected chi connectivity index (χ4v) is 2.76. The molecule has 1 aliphatic rings. The summed E-state index contributed by atoms with van der Waals surface area (Å²) in [6, 6.07) is 6.16. The summed E-state index contributed by atoms with van der Waals surface area (Å²) in [6.07, 6.45) is 2.35. The number of carbonyl (C=O) groups excluding carboxylic acids is 2. The average Bonchev–Trinajstić information content (AvgIpc) is 2.80. The maximum atomic E-state index is 12.6. The van der Waals surface area contributed by atoms with Crippen molar-refractivity contribution in [3.63, 3.8) is 0 Å². The van der Waals surface area contributed by atoms with Crippen LogP contribution in [0.25, 0.3) is 0 Å². The highest BCUT2D eigenvalue weighted by atomic mass is 16.2. The number of anilines is 1. The van der Waals surface area contributed by atoms with Crippen LogP contribution in [-0.4, -0.2) is 18.7 Å². The summed E-state index contributed by atoms with van der Waals surface area (Å²) in [5.41, 5.74) is 2.99. The molecule has 1 atom stereocenters. The Morgan fingerprint density at radius 1 is 1.40 bits per heavy atom. The zero-order valence-corrected chi connectivity index (χ0v) is 12.8. The zero-order chi connectivity index (χ0) is 14.9. The molecule has 0 bridgehead atoms. The van der Waals surface area contributed by atoms with Gasteiger partial charge in [-0.25, -0.2) is 0 Å². The maximum absolute atomic E-state index is 12.6. The minimum Gasteiger partial charge on any atom is -0.311 e. The summed E-state index contributed by atoms with van der Waals surface area (Å²) in [4.78, 5) is 25.3. The normalized spacial score (nSPS) is 15.9. The summed E-state index contributed by atoms with van der Waals surface area (Å²) in [6.45, 7) is 8.64. The fourth-order valence-electron chi connectivity index (χ4n) is 2.76. The van der Waals surface area contributed by atoms with Crippen molar-refractivity contribution in [3.05, 3.63) is 29.3 Å². The second-order valence-corrected chi connectivity index (χ2v) is 6.62. The Kier molecular flexibility index (Phi) is 3.98. The minimum atomic E-state index is -0.386. The molecule has 1 aliphatic heterocycles. The topological polar surface area (TPSA) is 37.4 Å². The van der Waals surface area contributed by atoms with Gasteiger partial charge in [0.2, 0.25) is 5.91 Å². The minimum absolute atomic E-state index is 0.149. The molecule has 0 saturated carbocycles. The number of hydrogen-bond acceptors (Lipinski definition) is 2. The molecule has 0 unspecified atom stereocenters. The Morgan fingerprint density at radius 3 is 2.70 bits per heavy atom. The van der Waals surface area contributed by atoms with Gasteiger partial charge in [0, 0.05) is 18.4 Å². The standard InChI is InChI=1S/C17H23NO2/c1-12(9-11-19)14-7-5-6-13-8-10-18(15(13)14)16(20)17(2,3)4/h5-7,11-12H,8-10H2,1-4H3/t12-/m0/s1. The molecule has 3 nitrogen and oxygen atoms in total. The number of amides is 1. The van der Waals surface area contributed by atoms with Gasteiger partial charge in [0.05, 0.1) is 5.69 Å². The largest absolute Gasteiger partial charge is 0.311 e. The van der Waals surface area contributed by atoms with Crippen LogP contribution in [0.5, 0.6) is 0 Å². The van der Waals surface area contributed by atoms with Crippen LogP contribution in [0.15, 0.2) is 18.2 Å². The van der Waals surface area contributed by atoms with E-state index < -0.39 is 0 Å². The number of para-hydroxylation sites is 1. The molecule has 0 fully saturated rings. The summed E-state index contributed by atoms with van der Waals surface area (Å²) < 4.78 is 0. The summed E-state index contributed by atoms with van der Waals surface area (Å²) in [5, 5.41) is 0. The van der Waals surface area contributed by atoms with E-state index in [0.717, 1.165) is 30.5 Å². The summed E-state index contributed by atoms with van der Waals surface area (Å²) in [5.74, 6) is 0.304. The van der Waals surface area contributed by atoms with E-state index >= 15 is 0 Å². The van der Waals surface area contributed by atoms with Crippen molar-refractivity contribution in [2.24, 2.45) is 5.41 Å². The third-order valence-corrected chi connectivity index (χ3v) is 3.89. The first-order valence-electron chi connectivity index (χ1n) is 7.23. The van der Waals surface area contributed by atoms with Crippen LogP contribution in [0.4, 0.5) is 5.69 Å². The molecule has 0 radical (unpaired) electrons. The molecule has 0 N–H and O–H groups in total. The zero-order valence-electron chi connectivity index (χ0n) is 12.8. The number of nitrogens with zero attached hydrogens (tertiary/aromatic N) is 1. The first kappa shape index (κ1) is 14.8. The second-order valence-electron chi connectivity index (χ2n) is 6.62. The van der Waals surface area contributed by atoms with Crippen molar-refractivity contribution in [2.45, 2.75) is 46.5 Å². The SMILES string of the molecule is C[C@@H](CC=O)c1cccc2c1N(C(=O)C(C)(C)C)CC2. The van der Waals surface area contributed by atoms with Crippen LogP contribution < -0.4 is 4.90 Å². The van der Waals surface area contributed by atoms with Crippen LogP contribution in [0.2, 0.25) is 0 Å². The molecular weight excluding hydrogens is 250 g/mol. The monoisotopic (exact) mass is 273 g/mol. The number of rotatable bonds is 3. The van der Waals surface area contributed by atoms with Gasteiger partial charge in [-0.05, 0) is 23.5 Å². The molecule has 3 heteroatoms. The van der Waals surface area contributed by atoms with E-state index in [1.807, 2.05) is 44.7 Å². The fraction of sp³-hybridized carbons (Fsp3) is 0.529. The van der Waals surface area contributed by atoms with E-state index in [4.69, 9.17) is 0 Å². The Bertz CT molecular complexity index is 528. The van der Waals surface area contributed by atoms with Gasteiger partial charge >= 0.3 is 0 Å². The van der Waals surface area contributed by atoms with Gasteiger partial charge in [-0.1, -0.05) is 45.9 Å². The molecule has 108 valence electrons. The molecule has 1 aromatic rings. The Hall–Kier alpha value is -1.64. The number of benzene rings is 1. The molecular formula is C17H23NO2.